The molecule has 1 amide bonds. The maximum Gasteiger partial charge on any atom is 0.416 e. The molecule has 8 heteroatoms. The van der Waals surface area contributed by atoms with E-state index in [1.165, 1.54) is 13.8 Å². The van der Waals surface area contributed by atoms with Crippen LogP contribution in [0.25, 0.3) is 11.1 Å². The molecule has 0 aliphatic rings. The van der Waals surface area contributed by atoms with Gasteiger partial charge in [-0.05, 0) is 54.8 Å². The van der Waals surface area contributed by atoms with Gasteiger partial charge < -0.3 is 5.32 Å². The van der Waals surface area contributed by atoms with Crippen molar-refractivity contribution in [1.29, 1.82) is 0 Å². The number of nitrogens with one attached hydrogen (secondary N) is 1. The van der Waals surface area contributed by atoms with E-state index in [4.69, 9.17) is 0 Å². The molecule has 3 aromatic rings. The average Bonchev–Trinajstić information content (AvgIpc) is 2.72. The summed E-state index contributed by atoms with van der Waals surface area (Å²) < 4.78 is 79.4. The number of benzene rings is 3. The number of hydrogen-bond acceptors (Lipinski definition) is 1. The van der Waals surface area contributed by atoms with Gasteiger partial charge in [0, 0.05) is 5.56 Å². The van der Waals surface area contributed by atoms with Crippen LogP contribution in [-0.2, 0) is 17.9 Å². The summed E-state index contributed by atoms with van der Waals surface area (Å²) in [4.78, 5) is 13.0. The van der Waals surface area contributed by atoms with Gasteiger partial charge in [0.1, 0.15) is 0 Å². The molecule has 0 aliphatic heterocycles. The number of alkyl halides is 6. The number of hydrogen-bond donors (Lipinski definition) is 1. The lowest BCUT2D eigenvalue weighted by atomic mass is 9.89. The third-order valence-corrected chi connectivity index (χ3v) is 4.99. The lowest BCUT2D eigenvalue weighted by Crippen LogP contribution is -2.41. The highest BCUT2D eigenvalue weighted by atomic mass is 19.4. The van der Waals surface area contributed by atoms with Crippen molar-refractivity contribution in [2.45, 2.75) is 31.7 Å². The molecule has 0 bridgehead atoms. The predicted octanol–water partition coefficient (Wildman–Crippen LogP) is 7.06. The molecule has 0 saturated carbocycles. The van der Waals surface area contributed by atoms with Crippen molar-refractivity contribution < 1.29 is 31.1 Å². The molecule has 0 saturated heterocycles. The summed E-state index contributed by atoms with van der Waals surface area (Å²) >= 11 is 0. The summed E-state index contributed by atoms with van der Waals surface area (Å²) in [5.41, 5.74) is -3.14. The fraction of sp³-hybridized carbons (Fsp3) is 0.208. The van der Waals surface area contributed by atoms with Crippen LogP contribution in [0.4, 0.5) is 26.3 Å². The Bertz CT molecular complexity index is 1090. The molecule has 0 atom stereocenters. The maximum atomic E-state index is 13.2. The van der Waals surface area contributed by atoms with Crippen LogP contribution in [0.2, 0.25) is 0 Å². The van der Waals surface area contributed by atoms with Gasteiger partial charge in [-0.3, -0.25) is 4.79 Å². The highest BCUT2D eigenvalue weighted by Gasteiger charge is 2.39. The van der Waals surface area contributed by atoms with E-state index < -0.39 is 34.9 Å². The molecule has 0 unspecified atom stereocenters. The molecule has 168 valence electrons. The molecule has 0 spiro atoms. The van der Waals surface area contributed by atoms with Crippen molar-refractivity contribution in [2.75, 3.05) is 0 Å². The Balaban J connectivity index is 2.01. The van der Waals surface area contributed by atoms with Crippen LogP contribution in [0.1, 0.15) is 40.9 Å². The van der Waals surface area contributed by atoms with E-state index in [-0.39, 0.29) is 17.2 Å². The van der Waals surface area contributed by atoms with Crippen LogP contribution in [-0.4, -0.2) is 5.91 Å². The van der Waals surface area contributed by atoms with E-state index in [0.29, 0.717) is 17.7 Å². The molecule has 3 aromatic carbocycles. The van der Waals surface area contributed by atoms with Crippen LogP contribution < -0.4 is 5.32 Å². The number of carbonyl (C=O) groups is 1. The second-order valence-corrected chi connectivity index (χ2v) is 7.79. The summed E-state index contributed by atoms with van der Waals surface area (Å²) in [5, 5.41) is 2.58. The van der Waals surface area contributed by atoms with Crippen molar-refractivity contribution in [3.8, 4) is 11.1 Å². The summed E-state index contributed by atoms with van der Waals surface area (Å²) in [6.07, 6.45) is -9.95. The molecule has 0 heterocycles. The molecule has 2 nitrogen and oxygen atoms in total. The Kier molecular flexibility index (Phi) is 6.09. The largest absolute Gasteiger partial charge is 0.416 e. The molecule has 0 fully saturated rings. The highest BCUT2D eigenvalue weighted by molar-refractivity contribution is 6.01. The van der Waals surface area contributed by atoms with E-state index >= 15 is 0 Å². The third kappa shape index (κ3) is 5.12. The molecule has 0 radical (unpaired) electrons. The van der Waals surface area contributed by atoms with Gasteiger partial charge in [-0.25, -0.2) is 0 Å². The molecule has 0 aromatic heterocycles. The van der Waals surface area contributed by atoms with E-state index in [9.17, 15) is 31.1 Å². The zero-order chi connectivity index (χ0) is 23.7. The summed E-state index contributed by atoms with van der Waals surface area (Å²) in [6.45, 7) is 2.71. The van der Waals surface area contributed by atoms with E-state index in [2.05, 4.69) is 5.32 Å². The second kappa shape index (κ2) is 8.33. The van der Waals surface area contributed by atoms with Gasteiger partial charge in [-0.1, -0.05) is 48.5 Å². The van der Waals surface area contributed by atoms with Gasteiger partial charge in [-0.2, -0.15) is 26.3 Å². The normalized spacial score (nSPS) is 12.5. The van der Waals surface area contributed by atoms with Crippen LogP contribution in [0.15, 0.2) is 72.8 Å². The van der Waals surface area contributed by atoms with Crippen molar-refractivity contribution in [2.24, 2.45) is 0 Å². The second-order valence-electron chi connectivity index (χ2n) is 7.79. The Morgan fingerprint density at radius 2 is 1.16 bits per heavy atom. The van der Waals surface area contributed by atoms with Crippen molar-refractivity contribution in [1.82, 2.24) is 5.32 Å². The first-order chi connectivity index (χ1) is 14.8. The standard InChI is InChI=1S/C24H19F6NO/c1-22(2,16-12-17(23(25,26)27)14-18(13-16)24(28,29)30)31-21(32)20-11-7-6-10-19(20)15-8-4-3-5-9-15/h3-14H,1-2H3,(H,31,32). The lowest BCUT2D eigenvalue weighted by Gasteiger charge is -2.29. The molecular formula is C24H19F6NO. The number of amides is 1. The third-order valence-electron chi connectivity index (χ3n) is 4.99. The minimum absolute atomic E-state index is 0.0616. The monoisotopic (exact) mass is 451 g/mol. The fourth-order valence-corrected chi connectivity index (χ4v) is 3.29. The van der Waals surface area contributed by atoms with Crippen molar-refractivity contribution in [3.05, 3.63) is 95.1 Å². The van der Waals surface area contributed by atoms with Gasteiger partial charge in [-0.15, -0.1) is 0 Å². The first-order valence-corrected chi connectivity index (χ1v) is 9.56. The smallest absolute Gasteiger partial charge is 0.343 e. The molecule has 0 aliphatic carbocycles. The van der Waals surface area contributed by atoms with Gasteiger partial charge in [0.05, 0.1) is 16.7 Å². The Morgan fingerprint density at radius 3 is 1.69 bits per heavy atom. The van der Waals surface area contributed by atoms with E-state index in [1.807, 2.05) is 0 Å². The Hall–Kier alpha value is -3.29. The van der Waals surface area contributed by atoms with Gasteiger partial charge in [0.2, 0.25) is 0 Å². The van der Waals surface area contributed by atoms with E-state index in [1.54, 1.807) is 54.6 Å². The molecule has 32 heavy (non-hydrogen) atoms. The van der Waals surface area contributed by atoms with Crippen LogP contribution in [0.5, 0.6) is 0 Å². The maximum absolute atomic E-state index is 13.2. The molecule has 1 N–H and O–H groups in total. The number of rotatable bonds is 4. The Labute approximate surface area is 180 Å². The number of halogens is 6. The topological polar surface area (TPSA) is 29.1 Å². The number of carbonyl (C=O) groups excluding carboxylic acids is 1. The van der Waals surface area contributed by atoms with Gasteiger partial charge in [0.15, 0.2) is 0 Å². The summed E-state index contributed by atoms with van der Waals surface area (Å²) in [6, 6.07) is 16.9. The summed E-state index contributed by atoms with van der Waals surface area (Å²) in [7, 11) is 0. The van der Waals surface area contributed by atoms with Crippen LogP contribution in [0.3, 0.4) is 0 Å². The first-order valence-electron chi connectivity index (χ1n) is 9.56. The zero-order valence-electron chi connectivity index (χ0n) is 17.1. The van der Waals surface area contributed by atoms with Crippen LogP contribution >= 0.6 is 0 Å². The van der Waals surface area contributed by atoms with Gasteiger partial charge in [0.25, 0.3) is 5.91 Å². The van der Waals surface area contributed by atoms with Crippen molar-refractivity contribution >= 4 is 5.91 Å². The average molecular weight is 451 g/mol. The van der Waals surface area contributed by atoms with Crippen LogP contribution in [0, 0.1) is 0 Å². The SMILES string of the molecule is CC(C)(NC(=O)c1ccccc1-c1ccccc1)c1cc(C(F)(F)F)cc(C(F)(F)F)c1. The Morgan fingerprint density at radius 1 is 0.688 bits per heavy atom. The highest BCUT2D eigenvalue weighted by Crippen LogP contribution is 2.38. The van der Waals surface area contributed by atoms with E-state index in [0.717, 1.165) is 5.56 Å². The van der Waals surface area contributed by atoms with Crippen molar-refractivity contribution in [3.63, 3.8) is 0 Å². The first kappa shape index (κ1) is 23.4. The predicted molar refractivity (Wildman–Crippen MR) is 109 cm³/mol. The minimum atomic E-state index is -4.98. The summed E-state index contributed by atoms with van der Waals surface area (Å²) in [5.74, 6) is -0.625. The fourth-order valence-electron chi connectivity index (χ4n) is 3.29. The minimum Gasteiger partial charge on any atom is -0.343 e. The zero-order valence-corrected chi connectivity index (χ0v) is 17.1. The molecular weight excluding hydrogens is 432 g/mol. The quantitative estimate of drug-likeness (QED) is 0.423. The lowest BCUT2D eigenvalue weighted by molar-refractivity contribution is -0.143. The molecule has 3 rings (SSSR count). The van der Waals surface area contributed by atoms with Gasteiger partial charge >= 0.3 is 12.4 Å².